The van der Waals surface area contributed by atoms with Gasteiger partial charge in [0.2, 0.25) is 5.91 Å². The van der Waals surface area contributed by atoms with Crippen LogP contribution in [0.3, 0.4) is 0 Å². The van der Waals surface area contributed by atoms with Gasteiger partial charge in [-0.15, -0.1) is 0 Å². The lowest BCUT2D eigenvalue weighted by Crippen LogP contribution is -2.55. The van der Waals surface area contributed by atoms with E-state index in [1.807, 2.05) is 0 Å². The molecule has 0 aromatic carbocycles. The summed E-state index contributed by atoms with van der Waals surface area (Å²) in [4.78, 5) is 24.3. The molecule has 2 saturated heterocycles. The standard InChI is InChI=1S/C11H20N4O2/c1-13-9(16)8-2-3-11(14-8)4-6-15(7-5-11)10(12)17/h8,14H,2-7H2,1H3,(H2,12,17)(H,13,16). The number of likely N-dealkylation sites (N-methyl/N-ethyl adjacent to an activating group) is 1. The molecule has 6 heteroatoms. The summed E-state index contributed by atoms with van der Waals surface area (Å²) in [6.45, 7) is 1.37. The van der Waals surface area contributed by atoms with Crippen molar-refractivity contribution >= 4 is 11.9 Å². The second-order valence-electron chi connectivity index (χ2n) is 4.96. The van der Waals surface area contributed by atoms with E-state index in [1.165, 1.54) is 0 Å². The second kappa shape index (κ2) is 4.52. The highest BCUT2D eigenvalue weighted by Crippen LogP contribution is 2.33. The Kier molecular flexibility index (Phi) is 3.24. The van der Waals surface area contributed by atoms with Crippen LogP contribution in [-0.4, -0.2) is 48.6 Å². The van der Waals surface area contributed by atoms with E-state index in [0.29, 0.717) is 13.1 Å². The molecule has 2 heterocycles. The molecule has 2 rings (SSSR count). The summed E-state index contributed by atoms with van der Waals surface area (Å²) in [6, 6.07) is -0.430. The highest BCUT2D eigenvalue weighted by atomic mass is 16.2. The number of nitrogens with one attached hydrogen (secondary N) is 2. The third kappa shape index (κ3) is 2.36. The van der Waals surface area contributed by atoms with E-state index >= 15 is 0 Å². The van der Waals surface area contributed by atoms with Crippen molar-refractivity contribution in [2.24, 2.45) is 5.73 Å². The van der Waals surface area contributed by atoms with E-state index in [0.717, 1.165) is 25.7 Å². The Balaban J connectivity index is 1.92. The molecule has 0 aliphatic carbocycles. The number of nitrogens with two attached hydrogens (primary N) is 1. The minimum atomic E-state index is -0.347. The van der Waals surface area contributed by atoms with Crippen LogP contribution in [0.1, 0.15) is 25.7 Å². The zero-order valence-corrected chi connectivity index (χ0v) is 10.2. The minimum Gasteiger partial charge on any atom is -0.358 e. The van der Waals surface area contributed by atoms with Crippen LogP contribution >= 0.6 is 0 Å². The first-order chi connectivity index (χ1) is 8.06. The molecule has 4 N–H and O–H groups in total. The smallest absolute Gasteiger partial charge is 0.314 e. The van der Waals surface area contributed by atoms with Crippen LogP contribution in [0.5, 0.6) is 0 Å². The Bertz CT molecular complexity index is 323. The van der Waals surface area contributed by atoms with E-state index in [-0.39, 0.29) is 23.5 Å². The predicted octanol–water partition coefficient (Wildman–Crippen LogP) is -0.602. The number of hydrogen-bond donors (Lipinski definition) is 3. The van der Waals surface area contributed by atoms with Gasteiger partial charge >= 0.3 is 6.03 Å². The van der Waals surface area contributed by atoms with Crippen molar-refractivity contribution in [3.05, 3.63) is 0 Å². The highest BCUT2D eigenvalue weighted by Gasteiger charge is 2.43. The first-order valence-electron chi connectivity index (χ1n) is 6.10. The summed E-state index contributed by atoms with van der Waals surface area (Å²) >= 11 is 0. The summed E-state index contributed by atoms with van der Waals surface area (Å²) < 4.78 is 0. The second-order valence-corrected chi connectivity index (χ2v) is 4.96. The van der Waals surface area contributed by atoms with E-state index < -0.39 is 0 Å². The largest absolute Gasteiger partial charge is 0.358 e. The maximum atomic E-state index is 11.6. The number of piperidine rings is 1. The Hall–Kier alpha value is -1.30. The van der Waals surface area contributed by atoms with Gasteiger partial charge in [0.05, 0.1) is 6.04 Å². The van der Waals surface area contributed by atoms with Crippen molar-refractivity contribution in [2.75, 3.05) is 20.1 Å². The first-order valence-corrected chi connectivity index (χ1v) is 6.10. The van der Waals surface area contributed by atoms with Crippen LogP contribution < -0.4 is 16.4 Å². The zero-order chi connectivity index (χ0) is 12.5. The SMILES string of the molecule is CNC(=O)C1CCC2(CCN(C(N)=O)CC2)N1. The number of urea groups is 1. The van der Waals surface area contributed by atoms with Gasteiger partial charge in [0.1, 0.15) is 0 Å². The third-order valence-corrected chi connectivity index (χ3v) is 3.99. The zero-order valence-electron chi connectivity index (χ0n) is 10.2. The van der Waals surface area contributed by atoms with E-state index in [9.17, 15) is 9.59 Å². The number of carbonyl (C=O) groups is 2. The predicted molar refractivity (Wildman–Crippen MR) is 63.3 cm³/mol. The lowest BCUT2D eigenvalue weighted by molar-refractivity contribution is -0.122. The van der Waals surface area contributed by atoms with Crippen LogP contribution in [0, 0.1) is 0 Å². The molecule has 0 bridgehead atoms. The minimum absolute atomic E-state index is 0.0309. The lowest BCUT2D eigenvalue weighted by atomic mass is 9.86. The third-order valence-electron chi connectivity index (χ3n) is 3.99. The molecule has 0 aromatic rings. The van der Waals surface area contributed by atoms with Gasteiger partial charge in [0.25, 0.3) is 0 Å². The number of rotatable bonds is 1. The number of amides is 3. The number of nitrogens with zero attached hydrogens (tertiary/aromatic N) is 1. The molecule has 0 aromatic heterocycles. The Morgan fingerprint density at radius 2 is 2.00 bits per heavy atom. The van der Waals surface area contributed by atoms with E-state index in [4.69, 9.17) is 5.73 Å². The van der Waals surface area contributed by atoms with Gasteiger partial charge < -0.3 is 21.3 Å². The molecular weight excluding hydrogens is 220 g/mol. The number of carbonyl (C=O) groups excluding carboxylic acids is 2. The van der Waals surface area contributed by atoms with Crippen molar-refractivity contribution in [3.63, 3.8) is 0 Å². The molecule has 2 aliphatic heterocycles. The van der Waals surface area contributed by atoms with E-state index in [2.05, 4.69) is 10.6 Å². The molecule has 17 heavy (non-hydrogen) atoms. The fraction of sp³-hybridized carbons (Fsp3) is 0.818. The first kappa shape index (κ1) is 12.2. The van der Waals surface area contributed by atoms with Crippen molar-refractivity contribution in [1.29, 1.82) is 0 Å². The molecule has 2 aliphatic rings. The summed E-state index contributed by atoms with van der Waals surface area (Å²) in [7, 11) is 1.66. The molecule has 0 radical (unpaired) electrons. The topological polar surface area (TPSA) is 87.5 Å². The van der Waals surface area contributed by atoms with Gasteiger partial charge in [-0.2, -0.15) is 0 Å². The Morgan fingerprint density at radius 3 is 2.53 bits per heavy atom. The van der Waals surface area contributed by atoms with Crippen molar-refractivity contribution < 1.29 is 9.59 Å². The molecule has 0 saturated carbocycles. The Labute approximate surface area is 101 Å². The number of likely N-dealkylation sites (tertiary alicyclic amines) is 1. The fourth-order valence-corrected chi connectivity index (χ4v) is 2.85. The van der Waals surface area contributed by atoms with Crippen LogP contribution in [-0.2, 0) is 4.79 Å². The summed E-state index contributed by atoms with van der Waals surface area (Å²) in [6.07, 6.45) is 3.63. The van der Waals surface area contributed by atoms with Gasteiger partial charge in [0.15, 0.2) is 0 Å². The van der Waals surface area contributed by atoms with Gasteiger partial charge in [-0.05, 0) is 25.7 Å². The van der Waals surface area contributed by atoms with Gasteiger partial charge in [-0.25, -0.2) is 4.79 Å². The summed E-state index contributed by atoms with van der Waals surface area (Å²) in [5, 5.41) is 6.10. The molecule has 1 unspecified atom stereocenters. The van der Waals surface area contributed by atoms with Crippen LogP contribution in [0.4, 0.5) is 4.79 Å². The molecule has 2 fully saturated rings. The number of primary amides is 1. The summed E-state index contributed by atoms with van der Waals surface area (Å²) in [5.41, 5.74) is 5.28. The monoisotopic (exact) mass is 240 g/mol. The van der Waals surface area contributed by atoms with Crippen molar-refractivity contribution in [1.82, 2.24) is 15.5 Å². The van der Waals surface area contributed by atoms with Crippen LogP contribution in [0.2, 0.25) is 0 Å². The molecule has 96 valence electrons. The molecule has 3 amide bonds. The van der Waals surface area contributed by atoms with Gasteiger partial charge in [0, 0.05) is 25.7 Å². The molecule has 1 spiro atoms. The van der Waals surface area contributed by atoms with Gasteiger partial charge in [-0.1, -0.05) is 0 Å². The molecule has 1 atom stereocenters. The Morgan fingerprint density at radius 1 is 1.35 bits per heavy atom. The average Bonchev–Trinajstić information content (AvgIpc) is 2.73. The van der Waals surface area contributed by atoms with Crippen molar-refractivity contribution in [2.45, 2.75) is 37.3 Å². The molecule has 6 nitrogen and oxygen atoms in total. The van der Waals surface area contributed by atoms with Crippen LogP contribution in [0.25, 0.3) is 0 Å². The average molecular weight is 240 g/mol. The maximum Gasteiger partial charge on any atom is 0.314 e. The quantitative estimate of drug-likeness (QED) is 0.572. The highest BCUT2D eigenvalue weighted by molar-refractivity contribution is 5.82. The maximum absolute atomic E-state index is 11.6. The molecular formula is C11H20N4O2. The van der Waals surface area contributed by atoms with Crippen molar-refractivity contribution in [3.8, 4) is 0 Å². The van der Waals surface area contributed by atoms with Gasteiger partial charge in [-0.3, -0.25) is 4.79 Å². The van der Waals surface area contributed by atoms with E-state index in [1.54, 1.807) is 11.9 Å². The van der Waals surface area contributed by atoms with Crippen LogP contribution in [0.15, 0.2) is 0 Å². The number of hydrogen-bond acceptors (Lipinski definition) is 3. The fourth-order valence-electron chi connectivity index (χ4n) is 2.85. The normalized spacial score (nSPS) is 27.1. The lowest BCUT2D eigenvalue weighted by Gasteiger charge is -2.39. The summed E-state index contributed by atoms with van der Waals surface area (Å²) in [5.74, 6) is 0.0548.